The summed E-state index contributed by atoms with van der Waals surface area (Å²) in [5, 5.41) is 12.3. The minimum absolute atomic E-state index is 0. The highest BCUT2D eigenvalue weighted by atomic mass is 35.5. The van der Waals surface area contributed by atoms with Crippen LogP contribution in [0.2, 0.25) is 10.0 Å². The minimum Gasteiger partial charge on any atom is -0.480 e. The van der Waals surface area contributed by atoms with Gasteiger partial charge in [-0.05, 0) is 49.1 Å². The number of aliphatic carboxylic acids is 1. The molecule has 6 nitrogen and oxygen atoms in total. The Kier molecular flexibility index (Phi) is 8.94. The van der Waals surface area contributed by atoms with Crippen LogP contribution in [-0.2, 0) is 20.6 Å². The quantitative estimate of drug-likeness (QED) is 0.693. The zero-order chi connectivity index (χ0) is 17.7. The van der Waals surface area contributed by atoms with E-state index >= 15 is 0 Å². The molecule has 0 spiro atoms. The summed E-state index contributed by atoms with van der Waals surface area (Å²) in [6.07, 6.45) is 1.64. The van der Waals surface area contributed by atoms with Crippen LogP contribution in [0.5, 0.6) is 0 Å². The van der Waals surface area contributed by atoms with Crippen molar-refractivity contribution < 1.29 is 18.3 Å². The maximum absolute atomic E-state index is 12.6. The number of sulfonamides is 1. The molecule has 10 heteroatoms. The number of carboxylic acid groups (broad SMARTS) is 1. The van der Waals surface area contributed by atoms with Crippen LogP contribution < -0.4 is 5.32 Å². The molecule has 2 N–H and O–H groups in total. The molecule has 1 aromatic carbocycles. The molecule has 1 aliphatic rings. The average Bonchev–Trinajstić information content (AvgIpc) is 2.45. The zero-order valence-corrected chi connectivity index (χ0v) is 16.6. The third-order valence-corrected chi connectivity index (χ3v) is 6.11. The van der Waals surface area contributed by atoms with Gasteiger partial charge in [-0.1, -0.05) is 23.2 Å². The van der Waals surface area contributed by atoms with Crippen molar-refractivity contribution >= 4 is 51.6 Å². The van der Waals surface area contributed by atoms with Gasteiger partial charge in [-0.25, -0.2) is 12.7 Å². The first-order valence-corrected chi connectivity index (χ1v) is 9.98. The largest absolute Gasteiger partial charge is 0.480 e. The third-order valence-electron chi connectivity index (χ3n) is 3.86. The summed E-state index contributed by atoms with van der Waals surface area (Å²) in [5.41, 5.74) is 0.554. The lowest BCUT2D eigenvalue weighted by molar-refractivity contribution is -0.136. The van der Waals surface area contributed by atoms with Crippen LogP contribution in [0.25, 0.3) is 0 Å². The molecule has 1 aromatic rings. The molecule has 1 fully saturated rings. The van der Waals surface area contributed by atoms with Gasteiger partial charge in [0, 0.05) is 23.1 Å². The Morgan fingerprint density at radius 3 is 2.52 bits per heavy atom. The van der Waals surface area contributed by atoms with E-state index in [0.29, 0.717) is 35.2 Å². The van der Waals surface area contributed by atoms with Gasteiger partial charge in [0.25, 0.3) is 0 Å². The van der Waals surface area contributed by atoms with Crippen molar-refractivity contribution in [2.75, 3.05) is 26.2 Å². The molecule has 0 amide bonds. The summed E-state index contributed by atoms with van der Waals surface area (Å²) >= 11 is 11.8. The first kappa shape index (κ1) is 22.5. The summed E-state index contributed by atoms with van der Waals surface area (Å²) in [6, 6.07) is 4.76. The van der Waals surface area contributed by atoms with Crippen molar-refractivity contribution in [2.45, 2.75) is 18.6 Å². The summed E-state index contributed by atoms with van der Waals surface area (Å²) in [6.45, 7) is 1.24. The van der Waals surface area contributed by atoms with Gasteiger partial charge in [0.05, 0.1) is 12.3 Å². The molecule has 1 saturated heterocycles. The van der Waals surface area contributed by atoms with Gasteiger partial charge >= 0.3 is 5.97 Å². The van der Waals surface area contributed by atoms with Gasteiger partial charge < -0.3 is 10.4 Å². The van der Waals surface area contributed by atoms with E-state index in [-0.39, 0.29) is 30.6 Å². The molecule has 1 atom stereocenters. The van der Waals surface area contributed by atoms with E-state index < -0.39 is 16.0 Å². The van der Waals surface area contributed by atoms with E-state index in [1.807, 2.05) is 0 Å². The maximum atomic E-state index is 12.6. The maximum Gasteiger partial charge on any atom is 0.317 e. The van der Waals surface area contributed by atoms with Gasteiger partial charge in [-0.3, -0.25) is 4.79 Å². The molecule has 0 aliphatic carbocycles. The Labute approximate surface area is 163 Å². The number of nitrogens with zero attached hydrogens (tertiary/aromatic N) is 1. The zero-order valence-electron chi connectivity index (χ0n) is 13.5. The first-order valence-electron chi connectivity index (χ1n) is 7.61. The van der Waals surface area contributed by atoms with Crippen LogP contribution in [0.4, 0.5) is 0 Å². The van der Waals surface area contributed by atoms with E-state index in [0.717, 1.165) is 12.8 Å². The number of rotatable bonds is 7. The highest BCUT2D eigenvalue weighted by Crippen LogP contribution is 2.24. The van der Waals surface area contributed by atoms with Gasteiger partial charge in [0.2, 0.25) is 10.0 Å². The normalized spacial score (nSPS) is 18.6. The Bertz CT molecular complexity index is 680. The van der Waals surface area contributed by atoms with E-state index in [4.69, 9.17) is 28.3 Å². The van der Waals surface area contributed by atoms with Crippen molar-refractivity contribution in [1.82, 2.24) is 9.62 Å². The number of carbonyl (C=O) groups is 1. The number of nitrogens with one attached hydrogen (secondary N) is 1. The van der Waals surface area contributed by atoms with E-state index in [9.17, 15) is 13.2 Å². The average molecular weight is 432 g/mol. The van der Waals surface area contributed by atoms with Crippen LogP contribution in [0.15, 0.2) is 18.2 Å². The van der Waals surface area contributed by atoms with Gasteiger partial charge in [-0.15, -0.1) is 12.4 Å². The number of hydrogen-bond acceptors (Lipinski definition) is 4. The molecule has 2 rings (SSSR count). The molecule has 0 radical (unpaired) electrons. The van der Waals surface area contributed by atoms with Crippen LogP contribution in [0, 0.1) is 5.92 Å². The topological polar surface area (TPSA) is 86.7 Å². The number of hydrogen-bond donors (Lipinski definition) is 2. The van der Waals surface area contributed by atoms with Crippen LogP contribution in [0.3, 0.4) is 0 Å². The molecule has 0 aromatic heterocycles. The fourth-order valence-electron chi connectivity index (χ4n) is 2.83. The standard InChI is InChI=1S/C15H20Cl2N2O4S.ClH/c16-13-4-12(5-14(17)6-13)10-24(22,23)19-3-1-2-11(9-19)7-18-8-15(20)21;/h4-6,11,18H,1-3,7-10H2,(H,20,21);1H. The van der Waals surface area contributed by atoms with E-state index in [1.54, 1.807) is 18.2 Å². The lowest BCUT2D eigenvalue weighted by Gasteiger charge is -2.32. The lowest BCUT2D eigenvalue weighted by atomic mass is 10.00. The minimum atomic E-state index is -3.47. The van der Waals surface area contributed by atoms with E-state index in [1.165, 1.54) is 4.31 Å². The Morgan fingerprint density at radius 2 is 1.92 bits per heavy atom. The lowest BCUT2D eigenvalue weighted by Crippen LogP contribution is -2.43. The number of carboxylic acids is 1. The van der Waals surface area contributed by atoms with Crippen LogP contribution in [0.1, 0.15) is 18.4 Å². The van der Waals surface area contributed by atoms with Gasteiger partial charge in [-0.2, -0.15) is 0 Å². The Hall–Kier alpha value is -0.570. The number of piperidine rings is 1. The fraction of sp³-hybridized carbons (Fsp3) is 0.533. The van der Waals surface area contributed by atoms with Gasteiger partial charge in [0.1, 0.15) is 0 Å². The Balaban J connectivity index is 0.00000312. The number of benzene rings is 1. The van der Waals surface area contributed by atoms with E-state index in [2.05, 4.69) is 5.32 Å². The highest BCUT2D eigenvalue weighted by Gasteiger charge is 2.29. The Morgan fingerprint density at radius 1 is 1.28 bits per heavy atom. The monoisotopic (exact) mass is 430 g/mol. The predicted molar refractivity (Wildman–Crippen MR) is 101 cm³/mol. The summed E-state index contributed by atoms with van der Waals surface area (Å²) in [5.74, 6) is -0.966. The smallest absolute Gasteiger partial charge is 0.317 e. The molecule has 25 heavy (non-hydrogen) atoms. The molecule has 0 bridgehead atoms. The molecule has 1 heterocycles. The second-order valence-corrected chi connectivity index (χ2v) is 8.77. The van der Waals surface area contributed by atoms with Crippen LogP contribution in [-0.4, -0.2) is 50.0 Å². The first-order chi connectivity index (χ1) is 11.3. The highest BCUT2D eigenvalue weighted by molar-refractivity contribution is 7.88. The van der Waals surface area contributed by atoms with Crippen molar-refractivity contribution in [2.24, 2.45) is 5.92 Å². The molecule has 1 unspecified atom stereocenters. The summed E-state index contributed by atoms with van der Waals surface area (Å²) in [7, 11) is -3.47. The molecule has 1 aliphatic heterocycles. The third kappa shape index (κ3) is 7.29. The van der Waals surface area contributed by atoms with Crippen LogP contribution >= 0.6 is 35.6 Å². The van der Waals surface area contributed by atoms with Crippen molar-refractivity contribution in [3.8, 4) is 0 Å². The van der Waals surface area contributed by atoms with Crippen molar-refractivity contribution in [3.63, 3.8) is 0 Å². The molecule has 142 valence electrons. The second kappa shape index (κ2) is 9.94. The van der Waals surface area contributed by atoms with Crippen molar-refractivity contribution in [3.05, 3.63) is 33.8 Å². The molecular weight excluding hydrogens is 411 g/mol. The van der Waals surface area contributed by atoms with Gasteiger partial charge in [0.15, 0.2) is 0 Å². The fourth-order valence-corrected chi connectivity index (χ4v) is 5.01. The summed E-state index contributed by atoms with van der Waals surface area (Å²) in [4.78, 5) is 10.5. The second-order valence-electron chi connectivity index (χ2n) is 5.92. The molecular formula is C15H21Cl3N2O4S. The number of halogens is 3. The SMILES string of the molecule is Cl.O=C(O)CNCC1CCCN(S(=O)(=O)Cc2cc(Cl)cc(Cl)c2)C1. The predicted octanol–water partition coefficient (Wildman–Crippen LogP) is 2.63. The van der Waals surface area contributed by atoms with Crippen molar-refractivity contribution in [1.29, 1.82) is 0 Å². The molecule has 0 saturated carbocycles. The summed E-state index contributed by atoms with van der Waals surface area (Å²) < 4.78 is 26.7.